The zero-order valence-electron chi connectivity index (χ0n) is 14.4. The number of hydrogen-bond acceptors (Lipinski definition) is 3. The molecule has 1 heterocycles. The highest BCUT2D eigenvalue weighted by atomic mass is 35.5. The van der Waals surface area contributed by atoms with Crippen molar-refractivity contribution in [2.45, 2.75) is 39.3 Å². The summed E-state index contributed by atoms with van der Waals surface area (Å²) in [6.07, 6.45) is 1.12. The van der Waals surface area contributed by atoms with Crippen molar-refractivity contribution in [2.75, 3.05) is 39.8 Å². The van der Waals surface area contributed by atoms with Crippen LogP contribution < -0.4 is 5.32 Å². The summed E-state index contributed by atoms with van der Waals surface area (Å²) >= 11 is 6.26. The summed E-state index contributed by atoms with van der Waals surface area (Å²) in [6, 6.07) is 7.40. The molecule has 0 saturated carbocycles. The Bertz CT molecular complexity index is 467. The van der Waals surface area contributed by atoms with Gasteiger partial charge in [0.2, 0.25) is 0 Å². The van der Waals surface area contributed by atoms with Gasteiger partial charge >= 0.3 is 0 Å². The minimum absolute atomic E-state index is 0.459. The van der Waals surface area contributed by atoms with E-state index in [9.17, 15) is 0 Å². The van der Waals surface area contributed by atoms with E-state index in [0.29, 0.717) is 12.1 Å². The third-order valence-corrected chi connectivity index (χ3v) is 5.02. The first-order valence-electron chi connectivity index (χ1n) is 8.41. The zero-order chi connectivity index (χ0) is 16.1. The first-order valence-corrected chi connectivity index (χ1v) is 8.79. The monoisotopic (exact) mass is 323 g/mol. The smallest absolute Gasteiger partial charge is 0.0409 e. The summed E-state index contributed by atoms with van der Waals surface area (Å²) in [5, 5.41) is 4.14. The van der Waals surface area contributed by atoms with Crippen LogP contribution in [0.15, 0.2) is 18.2 Å². The van der Waals surface area contributed by atoms with E-state index in [1.165, 1.54) is 11.1 Å². The van der Waals surface area contributed by atoms with E-state index in [0.717, 1.165) is 44.2 Å². The van der Waals surface area contributed by atoms with E-state index in [4.69, 9.17) is 11.6 Å². The predicted octanol–water partition coefficient (Wildman–Crippen LogP) is 3.33. The van der Waals surface area contributed by atoms with Crippen molar-refractivity contribution in [3.05, 3.63) is 34.3 Å². The molecule has 0 radical (unpaired) electrons. The van der Waals surface area contributed by atoms with Gasteiger partial charge in [-0.15, -0.1) is 0 Å². The van der Waals surface area contributed by atoms with E-state index < -0.39 is 0 Å². The van der Waals surface area contributed by atoms with Crippen LogP contribution in [-0.2, 0) is 0 Å². The molecule has 1 aliphatic heterocycles. The van der Waals surface area contributed by atoms with E-state index >= 15 is 0 Å². The molecule has 0 spiro atoms. The maximum absolute atomic E-state index is 6.26. The van der Waals surface area contributed by atoms with Gasteiger partial charge in [0.1, 0.15) is 0 Å². The van der Waals surface area contributed by atoms with Crippen LogP contribution in [-0.4, -0.2) is 55.6 Å². The second-order valence-electron chi connectivity index (χ2n) is 6.57. The van der Waals surface area contributed by atoms with Crippen LogP contribution in [0.1, 0.15) is 37.4 Å². The molecule has 2 rings (SSSR count). The fourth-order valence-corrected chi connectivity index (χ4v) is 3.53. The standard InChI is InChI=1S/C18H30ClN3/c1-14(2)21-9-11-22(12-10-21)18(7-8-20-4)17-13-16(19)6-5-15(17)3/h5-6,13-14,18,20H,7-12H2,1-4H3. The lowest BCUT2D eigenvalue weighted by molar-refractivity contribution is 0.0746. The zero-order valence-corrected chi connectivity index (χ0v) is 15.2. The van der Waals surface area contributed by atoms with Crippen molar-refractivity contribution in [1.82, 2.24) is 15.1 Å². The number of halogens is 1. The fraction of sp³-hybridized carbons (Fsp3) is 0.667. The Morgan fingerprint density at radius 3 is 2.36 bits per heavy atom. The largest absolute Gasteiger partial charge is 0.320 e. The van der Waals surface area contributed by atoms with Crippen LogP contribution in [0, 0.1) is 6.92 Å². The number of nitrogens with one attached hydrogen (secondary N) is 1. The SMILES string of the molecule is CNCCC(c1cc(Cl)ccc1C)N1CCN(C(C)C)CC1. The van der Waals surface area contributed by atoms with Gasteiger partial charge in [0, 0.05) is 43.3 Å². The summed E-state index contributed by atoms with van der Waals surface area (Å²) in [6.45, 7) is 12.4. The van der Waals surface area contributed by atoms with Crippen molar-refractivity contribution >= 4 is 11.6 Å². The first kappa shape index (κ1) is 17.7. The number of aryl methyl sites for hydroxylation is 1. The van der Waals surface area contributed by atoms with Crippen molar-refractivity contribution in [3.63, 3.8) is 0 Å². The van der Waals surface area contributed by atoms with Crippen LogP contribution >= 0.6 is 11.6 Å². The van der Waals surface area contributed by atoms with Crippen LogP contribution in [0.4, 0.5) is 0 Å². The molecule has 0 aromatic heterocycles. The van der Waals surface area contributed by atoms with Gasteiger partial charge in [0.25, 0.3) is 0 Å². The van der Waals surface area contributed by atoms with E-state index in [2.05, 4.69) is 48.0 Å². The molecule has 0 amide bonds. The van der Waals surface area contributed by atoms with Gasteiger partial charge in [-0.05, 0) is 64.0 Å². The molecule has 124 valence electrons. The Morgan fingerprint density at radius 1 is 1.14 bits per heavy atom. The Labute approximate surface area is 140 Å². The average Bonchev–Trinajstić information content (AvgIpc) is 2.51. The number of rotatable bonds is 6. The molecule has 1 saturated heterocycles. The van der Waals surface area contributed by atoms with Gasteiger partial charge in [-0.1, -0.05) is 17.7 Å². The molecule has 1 aromatic rings. The lowest BCUT2D eigenvalue weighted by Crippen LogP contribution is -2.50. The lowest BCUT2D eigenvalue weighted by atomic mass is 9.96. The molecule has 0 bridgehead atoms. The Morgan fingerprint density at radius 2 is 1.77 bits per heavy atom. The van der Waals surface area contributed by atoms with E-state index in [1.54, 1.807) is 0 Å². The van der Waals surface area contributed by atoms with Gasteiger partial charge in [-0.2, -0.15) is 0 Å². The third-order valence-electron chi connectivity index (χ3n) is 4.79. The number of benzene rings is 1. The highest BCUT2D eigenvalue weighted by Crippen LogP contribution is 2.30. The van der Waals surface area contributed by atoms with Crippen molar-refractivity contribution in [3.8, 4) is 0 Å². The maximum Gasteiger partial charge on any atom is 0.0409 e. The normalized spacial score (nSPS) is 18.8. The average molecular weight is 324 g/mol. The molecule has 1 unspecified atom stereocenters. The topological polar surface area (TPSA) is 18.5 Å². The molecule has 1 N–H and O–H groups in total. The summed E-state index contributed by atoms with van der Waals surface area (Å²) in [7, 11) is 2.03. The summed E-state index contributed by atoms with van der Waals surface area (Å²) in [5.74, 6) is 0. The quantitative estimate of drug-likeness (QED) is 0.866. The molecule has 1 aliphatic rings. The summed E-state index contributed by atoms with van der Waals surface area (Å²) in [5.41, 5.74) is 2.73. The second kappa shape index (κ2) is 8.30. The molecule has 0 aliphatic carbocycles. The number of nitrogens with zero attached hydrogens (tertiary/aromatic N) is 2. The molecule has 1 aromatic carbocycles. The first-order chi connectivity index (χ1) is 10.5. The highest BCUT2D eigenvalue weighted by molar-refractivity contribution is 6.30. The molecule has 1 fully saturated rings. The molecular weight excluding hydrogens is 294 g/mol. The van der Waals surface area contributed by atoms with Crippen molar-refractivity contribution < 1.29 is 0 Å². The second-order valence-corrected chi connectivity index (χ2v) is 7.01. The predicted molar refractivity (Wildman–Crippen MR) is 95.8 cm³/mol. The molecule has 1 atom stereocenters. The van der Waals surface area contributed by atoms with Crippen LogP contribution in [0.25, 0.3) is 0 Å². The third kappa shape index (κ3) is 4.45. The van der Waals surface area contributed by atoms with Crippen molar-refractivity contribution in [2.24, 2.45) is 0 Å². The van der Waals surface area contributed by atoms with Gasteiger partial charge < -0.3 is 5.32 Å². The molecule has 4 heteroatoms. The number of piperazine rings is 1. The van der Waals surface area contributed by atoms with Crippen LogP contribution in [0.2, 0.25) is 5.02 Å². The highest BCUT2D eigenvalue weighted by Gasteiger charge is 2.26. The van der Waals surface area contributed by atoms with Crippen molar-refractivity contribution in [1.29, 1.82) is 0 Å². The number of hydrogen-bond donors (Lipinski definition) is 1. The Hall–Kier alpha value is -0.610. The fourth-order valence-electron chi connectivity index (χ4n) is 3.35. The molecular formula is C18H30ClN3. The summed E-state index contributed by atoms with van der Waals surface area (Å²) in [4.78, 5) is 5.20. The summed E-state index contributed by atoms with van der Waals surface area (Å²) < 4.78 is 0. The minimum Gasteiger partial charge on any atom is -0.320 e. The molecule has 22 heavy (non-hydrogen) atoms. The van der Waals surface area contributed by atoms with Crippen LogP contribution in [0.5, 0.6) is 0 Å². The maximum atomic E-state index is 6.26. The van der Waals surface area contributed by atoms with E-state index in [1.807, 2.05) is 13.1 Å². The van der Waals surface area contributed by atoms with Gasteiger partial charge in [-0.3, -0.25) is 9.80 Å². The Balaban J connectivity index is 2.14. The Kier molecular flexibility index (Phi) is 6.69. The molecule has 3 nitrogen and oxygen atoms in total. The van der Waals surface area contributed by atoms with E-state index in [-0.39, 0.29) is 0 Å². The van der Waals surface area contributed by atoms with Gasteiger partial charge in [-0.25, -0.2) is 0 Å². The van der Waals surface area contributed by atoms with Gasteiger partial charge in [0.15, 0.2) is 0 Å². The van der Waals surface area contributed by atoms with Gasteiger partial charge in [0.05, 0.1) is 0 Å². The lowest BCUT2D eigenvalue weighted by Gasteiger charge is -2.41. The minimum atomic E-state index is 0.459. The van der Waals surface area contributed by atoms with Crippen LogP contribution in [0.3, 0.4) is 0 Å².